The lowest BCUT2D eigenvalue weighted by molar-refractivity contribution is -0.143. The second-order valence-corrected chi connectivity index (χ2v) is 3.86. The van der Waals surface area contributed by atoms with Crippen molar-refractivity contribution in [2.24, 2.45) is 0 Å². The molecule has 0 aliphatic rings. The highest BCUT2D eigenvalue weighted by Crippen LogP contribution is 1.98. The van der Waals surface area contributed by atoms with Crippen LogP contribution >= 0.6 is 0 Å². The van der Waals surface area contributed by atoms with Crippen molar-refractivity contribution in [3.8, 4) is 0 Å². The van der Waals surface area contributed by atoms with Gasteiger partial charge in [0.05, 0.1) is 12.7 Å². The van der Waals surface area contributed by atoms with Crippen LogP contribution < -0.4 is 0 Å². The summed E-state index contributed by atoms with van der Waals surface area (Å²) in [5.41, 5.74) is 0. The number of unbranched alkanes of at least 4 members (excludes halogenated alkanes) is 2. The van der Waals surface area contributed by atoms with Crippen LogP contribution in [-0.2, 0) is 19.1 Å². The molecule has 0 rings (SSSR count). The third-order valence-electron chi connectivity index (χ3n) is 2.24. The summed E-state index contributed by atoms with van der Waals surface area (Å²) >= 11 is 0. The molecule has 0 aliphatic carbocycles. The first-order valence-corrected chi connectivity index (χ1v) is 6.15. The second-order valence-electron chi connectivity index (χ2n) is 3.86. The zero-order valence-corrected chi connectivity index (χ0v) is 10.9. The molecule has 4 nitrogen and oxygen atoms in total. The Balaban J connectivity index is 3.75. The summed E-state index contributed by atoms with van der Waals surface area (Å²) in [4.78, 5) is 22.3. The molecule has 0 aromatic heterocycles. The minimum absolute atomic E-state index is 0.132. The molecular weight excluding hydrogens is 220 g/mol. The van der Waals surface area contributed by atoms with Crippen molar-refractivity contribution in [3.05, 3.63) is 12.2 Å². The van der Waals surface area contributed by atoms with E-state index in [0.717, 1.165) is 37.8 Å². The van der Waals surface area contributed by atoms with Crippen LogP contribution in [0.4, 0.5) is 0 Å². The van der Waals surface area contributed by atoms with E-state index in [0.29, 0.717) is 6.61 Å². The first-order valence-electron chi connectivity index (χ1n) is 6.15. The van der Waals surface area contributed by atoms with Gasteiger partial charge in [0.15, 0.2) is 0 Å². The zero-order valence-electron chi connectivity index (χ0n) is 10.9. The molecule has 0 saturated heterocycles. The van der Waals surface area contributed by atoms with Gasteiger partial charge in [-0.2, -0.15) is 0 Å². The van der Waals surface area contributed by atoms with Crippen LogP contribution in [0.25, 0.3) is 0 Å². The third kappa shape index (κ3) is 9.60. The molecule has 0 saturated carbocycles. The van der Waals surface area contributed by atoms with Gasteiger partial charge in [0.2, 0.25) is 0 Å². The SMILES string of the molecule is CCCCCOC(=O)/C=C/C(=O)OC(C)CC. The maximum atomic E-state index is 11.2. The Morgan fingerprint density at radius 2 is 1.76 bits per heavy atom. The minimum Gasteiger partial charge on any atom is -0.463 e. The van der Waals surface area contributed by atoms with Crippen molar-refractivity contribution in [1.29, 1.82) is 0 Å². The molecule has 0 radical (unpaired) electrons. The number of hydrogen-bond acceptors (Lipinski definition) is 4. The van der Waals surface area contributed by atoms with E-state index in [-0.39, 0.29) is 6.10 Å². The highest BCUT2D eigenvalue weighted by atomic mass is 16.5. The van der Waals surface area contributed by atoms with Gasteiger partial charge in [0.25, 0.3) is 0 Å². The fourth-order valence-corrected chi connectivity index (χ4v) is 1.03. The van der Waals surface area contributed by atoms with Crippen LogP contribution in [-0.4, -0.2) is 24.6 Å². The van der Waals surface area contributed by atoms with Gasteiger partial charge < -0.3 is 9.47 Å². The molecule has 0 amide bonds. The summed E-state index contributed by atoms with van der Waals surface area (Å²) in [6.45, 7) is 6.20. The van der Waals surface area contributed by atoms with Gasteiger partial charge in [-0.25, -0.2) is 9.59 Å². The van der Waals surface area contributed by atoms with Crippen molar-refractivity contribution in [2.45, 2.75) is 52.6 Å². The Hall–Kier alpha value is -1.32. The molecule has 0 aromatic carbocycles. The van der Waals surface area contributed by atoms with Gasteiger partial charge in [0.1, 0.15) is 0 Å². The number of carbonyl (C=O) groups excluding carboxylic acids is 2. The van der Waals surface area contributed by atoms with Crippen molar-refractivity contribution in [3.63, 3.8) is 0 Å². The summed E-state index contributed by atoms with van der Waals surface area (Å²) in [6, 6.07) is 0. The normalized spacial score (nSPS) is 12.4. The largest absolute Gasteiger partial charge is 0.463 e. The predicted molar refractivity (Wildman–Crippen MR) is 65.5 cm³/mol. The molecule has 17 heavy (non-hydrogen) atoms. The monoisotopic (exact) mass is 242 g/mol. The van der Waals surface area contributed by atoms with E-state index in [2.05, 4.69) is 6.92 Å². The maximum absolute atomic E-state index is 11.2. The van der Waals surface area contributed by atoms with E-state index in [1.54, 1.807) is 6.92 Å². The van der Waals surface area contributed by atoms with Gasteiger partial charge in [-0.1, -0.05) is 26.7 Å². The van der Waals surface area contributed by atoms with Gasteiger partial charge in [0, 0.05) is 12.2 Å². The van der Waals surface area contributed by atoms with Crippen LogP contribution in [0.2, 0.25) is 0 Å². The highest BCUT2D eigenvalue weighted by molar-refractivity contribution is 5.91. The molecule has 0 fully saturated rings. The second kappa shape index (κ2) is 9.87. The molecular formula is C13H22O4. The number of esters is 2. The summed E-state index contributed by atoms with van der Waals surface area (Å²) in [6.07, 6.45) is 5.80. The van der Waals surface area contributed by atoms with Gasteiger partial charge >= 0.3 is 11.9 Å². The van der Waals surface area contributed by atoms with Crippen LogP contribution in [0.15, 0.2) is 12.2 Å². The molecule has 1 atom stereocenters. The number of rotatable bonds is 8. The highest BCUT2D eigenvalue weighted by Gasteiger charge is 2.04. The van der Waals surface area contributed by atoms with Crippen LogP contribution in [0.5, 0.6) is 0 Å². The fourth-order valence-electron chi connectivity index (χ4n) is 1.03. The molecule has 0 N–H and O–H groups in total. The summed E-state index contributed by atoms with van der Waals surface area (Å²) < 4.78 is 9.85. The number of ether oxygens (including phenoxy) is 2. The zero-order chi connectivity index (χ0) is 13.1. The van der Waals surface area contributed by atoms with Gasteiger partial charge in [-0.3, -0.25) is 0 Å². The molecule has 0 bridgehead atoms. The Morgan fingerprint density at radius 3 is 2.35 bits per heavy atom. The van der Waals surface area contributed by atoms with Crippen molar-refractivity contribution in [2.75, 3.05) is 6.61 Å². The maximum Gasteiger partial charge on any atom is 0.331 e. The standard InChI is InChI=1S/C13H22O4/c1-4-6-7-10-16-12(14)8-9-13(15)17-11(3)5-2/h8-9,11H,4-7,10H2,1-3H3/b9-8+. The van der Waals surface area contributed by atoms with Crippen LogP contribution in [0.3, 0.4) is 0 Å². The first kappa shape index (κ1) is 15.7. The first-order chi connectivity index (χ1) is 8.10. The van der Waals surface area contributed by atoms with Crippen molar-refractivity contribution >= 4 is 11.9 Å². The molecule has 98 valence electrons. The smallest absolute Gasteiger partial charge is 0.331 e. The van der Waals surface area contributed by atoms with E-state index in [1.165, 1.54) is 0 Å². The molecule has 4 heteroatoms. The summed E-state index contributed by atoms with van der Waals surface area (Å²) in [5, 5.41) is 0. The molecule has 0 aliphatic heterocycles. The topological polar surface area (TPSA) is 52.6 Å². The number of carbonyl (C=O) groups is 2. The lowest BCUT2D eigenvalue weighted by Gasteiger charge is -2.07. The van der Waals surface area contributed by atoms with Crippen molar-refractivity contribution in [1.82, 2.24) is 0 Å². The molecule has 1 unspecified atom stereocenters. The van der Waals surface area contributed by atoms with Crippen molar-refractivity contribution < 1.29 is 19.1 Å². The van der Waals surface area contributed by atoms with E-state index in [9.17, 15) is 9.59 Å². The lowest BCUT2D eigenvalue weighted by atomic mass is 10.3. The fraction of sp³-hybridized carbons (Fsp3) is 0.692. The Labute approximate surface area is 103 Å². The predicted octanol–water partition coefficient (Wildman–Crippen LogP) is 2.62. The van der Waals surface area contributed by atoms with E-state index < -0.39 is 11.9 Å². The third-order valence-corrected chi connectivity index (χ3v) is 2.24. The van der Waals surface area contributed by atoms with E-state index in [1.807, 2.05) is 6.92 Å². The average molecular weight is 242 g/mol. The Bertz CT molecular complexity index is 258. The number of hydrogen-bond donors (Lipinski definition) is 0. The van der Waals surface area contributed by atoms with E-state index in [4.69, 9.17) is 9.47 Å². The van der Waals surface area contributed by atoms with Gasteiger partial charge in [-0.05, 0) is 19.8 Å². The van der Waals surface area contributed by atoms with Crippen LogP contribution in [0.1, 0.15) is 46.5 Å². The Morgan fingerprint density at radius 1 is 1.12 bits per heavy atom. The van der Waals surface area contributed by atoms with E-state index >= 15 is 0 Å². The summed E-state index contributed by atoms with van der Waals surface area (Å²) in [5.74, 6) is -1.01. The lowest BCUT2D eigenvalue weighted by Crippen LogP contribution is -2.12. The molecule has 0 heterocycles. The summed E-state index contributed by atoms with van der Waals surface area (Å²) in [7, 11) is 0. The van der Waals surface area contributed by atoms with Crippen LogP contribution in [0, 0.1) is 0 Å². The van der Waals surface area contributed by atoms with Gasteiger partial charge in [-0.15, -0.1) is 0 Å². The minimum atomic E-state index is -0.509. The molecule has 0 aromatic rings. The average Bonchev–Trinajstić information content (AvgIpc) is 2.32. The Kier molecular flexibility index (Phi) is 9.11. The quantitative estimate of drug-likeness (QED) is 0.373. The molecule has 0 spiro atoms.